The molecule has 0 aromatic carbocycles. The van der Waals surface area contributed by atoms with Crippen LogP contribution in [0.3, 0.4) is 0 Å². The number of likely N-dealkylation sites (tertiary alicyclic amines) is 1. The van der Waals surface area contributed by atoms with E-state index in [2.05, 4.69) is 69.3 Å². The highest BCUT2D eigenvalue weighted by atomic mass is 15.1. The molecule has 4 rings (SSSR count). The summed E-state index contributed by atoms with van der Waals surface area (Å²) in [6, 6.07) is 8.44. The number of anilines is 2. The number of aryl methyl sites for hydroxylation is 2. The van der Waals surface area contributed by atoms with E-state index in [-0.39, 0.29) is 0 Å². The number of fused-ring (bicyclic) bond motifs is 1. The molecule has 1 aliphatic heterocycles. The van der Waals surface area contributed by atoms with E-state index in [4.69, 9.17) is 0 Å². The van der Waals surface area contributed by atoms with Gasteiger partial charge in [-0.3, -0.25) is 0 Å². The maximum absolute atomic E-state index is 4.59. The van der Waals surface area contributed by atoms with Crippen molar-refractivity contribution in [3.63, 3.8) is 0 Å². The van der Waals surface area contributed by atoms with Crippen LogP contribution in [-0.2, 0) is 13.6 Å². The van der Waals surface area contributed by atoms with Gasteiger partial charge in [0.05, 0.1) is 0 Å². The number of piperidine rings is 1. The Morgan fingerprint density at radius 3 is 2.64 bits per heavy atom. The molecule has 28 heavy (non-hydrogen) atoms. The lowest BCUT2D eigenvalue weighted by atomic mass is 9.97. The molecule has 0 unspecified atom stereocenters. The number of hydrogen-bond donors (Lipinski definition) is 2. The van der Waals surface area contributed by atoms with Crippen LogP contribution in [0.4, 0.5) is 11.5 Å². The minimum atomic E-state index is 0.745. The van der Waals surface area contributed by atoms with Crippen LogP contribution in [0.15, 0.2) is 36.7 Å². The lowest BCUT2D eigenvalue weighted by molar-refractivity contribution is 0.226. The van der Waals surface area contributed by atoms with Gasteiger partial charge in [-0.1, -0.05) is 6.07 Å². The average molecular weight is 379 g/mol. The van der Waals surface area contributed by atoms with Crippen LogP contribution in [0.1, 0.15) is 24.1 Å². The Morgan fingerprint density at radius 2 is 1.89 bits per heavy atom. The molecule has 6 nitrogen and oxygen atoms in total. The van der Waals surface area contributed by atoms with Gasteiger partial charge in [-0.15, -0.1) is 0 Å². The minimum absolute atomic E-state index is 0.745. The van der Waals surface area contributed by atoms with Gasteiger partial charge in [0, 0.05) is 49.3 Å². The Kier molecular flexibility index (Phi) is 5.48. The highest BCUT2D eigenvalue weighted by Gasteiger charge is 2.16. The van der Waals surface area contributed by atoms with Gasteiger partial charge in [-0.25, -0.2) is 9.97 Å². The lowest BCUT2D eigenvalue weighted by Crippen LogP contribution is -2.33. The average Bonchev–Trinajstić information content (AvgIpc) is 3.01. The molecule has 0 bridgehead atoms. The van der Waals surface area contributed by atoms with Crippen molar-refractivity contribution in [3.05, 3.63) is 47.9 Å². The van der Waals surface area contributed by atoms with E-state index in [1.54, 1.807) is 0 Å². The molecule has 0 amide bonds. The van der Waals surface area contributed by atoms with Gasteiger partial charge in [0.1, 0.15) is 11.5 Å². The van der Waals surface area contributed by atoms with Gasteiger partial charge in [-0.2, -0.15) is 0 Å². The first-order valence-corrected chi connectivity index (χ1v) is 10.1. The fourth-order valence-electron chi connectivity index (χ4n) is 3.84. The van der Waals surface area contributed by atoms with Crippen molar-refractivity contribution in [2.45, 2.75) is 26.3 Å². The molecule has 1 aliphatic rings. The quantitative estimate of drug-likeness (QED) is 0.686. The van der Waals surface area contributed by atoms with Crippen LogP contribution in [0, 0.1) is 12.8 Å². The summed E-state index contributed by atoms with van der Waals surface area (Å²) in [6.07, 6.45) is 6.35. The Bertz CT molecular complexity index is 922. The molecule has 4 heterocycles. The van der Waals surface area contributed by atoms with E-state index in [0.29, 0.717) is 0 Å². The van der Waals surface area contributed by atoms with E-state index in [9.17, 15) is 0 Å². The first-order chi connectivity index (χ1) is 13.6. The molecule has 0 atom stereocenters. The van der Waals surface area contributed by atoms with Gasteiger partial charge < -0.3 is 20.1 Å². The van der Waals surface area contributed by atoms with Crippen molar-refractivity contribution in [1.82, 2.24) is 19.4 Å². The second-order valence-electron chi connectivity index (χ2n) is 7.97. The van der Waals surface area contributed by atoms with Crippen molar-refractivity contribution in [1.29, 1.82) is 0 Å². The van der Waals surface area contributed by atoms with E-state index in [1.165, 1.54) is 37.2 Å². The molecular formula is C22H30N6. The van der Waals surface area contributed by atoms with Gasteiger partial charge in [0.15, 0.2) is 0 Å². The molecule has 0 aliphatic carbocycles. The smallest absolute Gasteiger partial charge is 0.141 e. The zero-order valence-electron chi connectivity index (χ0n) is 17.1. The third-order valence-corrected chi connectivity index (χ3v) is 5.89. The second-order valence-corrected chi connectivity index (χ2v) is 7.97. The second kappa shape index (κ2) is 8.19. The maximum Gasteiger partial charge on any atom is 0.141 e. The summed E-state index contributed by atoms with van der Waals surface area (Å²) in [5.74, 6) is 1.72. The zero-order chi connectivity index (χ0) is 19.5. The van der Waals surface area contributed by atoms with Crippen LogP contribution in [0.25, 0.3) is 11.0 Å². The van der Waals surface area contributed by atoms with Gasteiger partial charge in [0.25, 0.3) is 0 Å². The largest absolute Gasteiger partial charge is 0.380 e. The summed E-state index contributed by atoms with van der Waals surface area (Å²) in [7, 11) is 4.25. The van der Waals surface area contributed by atoms with E-state index in [1.807, 2.05) is 18.5 Å². The van der Waals surface area contributed by atoms with E-state index in [0.717, 1.165) is 41.5 Å². The number of aromatic nitrogens is 3. The van der Waals surface area contributed by atoms with Crippen molar-refractivity contribution in [2.75, 3.05) is 37.3 Å². The predicted octanol–water partition coefficient (Wildman–Crippen LogP) is 3.64. The fraction of sp³-hybridized carbons (Fsp3) is 0.455. The molecule has 0 radical (unpaired) electrons. The molecular weight excluding hydrogens is 348 g/mol. The van der Waals surface area contributed by atoms with Crippen molar-refractivity contribution in [3.8, 4) is 0 Å². The summed E-state index contributed by atoms with van der Waals surface area (Å²) in [6.45, 7) is 6.27. The Balaban J connectivity index is 1.33. The Labute approximate surface area is 167 Å². The molecule has 3 aromatic rings. The van der Waals surface area contributed by atoms with Crippen LogP contribution >= 0.6 is 0 Å². The van der Waals surface area contributed by atoms with Crippen LogP contribution < -0.4 is 10.6 Å². The summed E-state index contributed by atoms with van der Waals surface area (Å²) in [5, 5.41) is 8.19. The molecule has 148 valence electrons. The van der Waals surface area contributed by atoms with Crippen LogP contribution in [0.2, 0.25) is 0 Å². The molecule has 1 saturated heterocycles. The minimum Gasteiger partial charge on any atom is -0.380 e. The maximum atomic E-state index is 4.59. The first-order valence-electron chi connectivity index (χ1n) is 10.1. The molecule has 3 aromatic heterocycles. The monoisotopic (exact) mass is 378 g/mol. The van der Waals surface area contributed by atoms with Crippen molar-refractivity contribution in [2.24, 2.45) is 13.0 Å². The third kappa shape index (κ3) is 4.12. The molecule has 2 N–H and O–H groups in total. The summed E-state index contributed by atoms with van der Waals surface area (Å²) in [5.41, 5.74) is 4.49. The standard InChI is InChI=1S/C22H30N6/c1-16-12-19-20(6-9-23-22(19)28(16)3)24-14-18-4-5-21(26-15-18)25-13-17-7-10-27(2)11-8-17/h4-6,9,12,15,17H,7-8,10-11,13-14H2,1-3H3,(H,23,24)(H,25,26). The SMILES string of the molecule is Cc1cc2c(NCc3ccc(NCC4CCN(C)CC4)nc3)ccnc2n1C. The summed E-state index contributed by atoms with van der Waals surface area (Å²) in [4.78, 5) is 11.5. The summed E-state index contributed by atoms with van der Waals surface area (Å²) >= 11 is 0. The third-order valence-electron chi connectivity index (χ3n) is 5.89. The van der Waals surface area contributed by atoms with Crippen molar-refractivity contribution >= 4 is 22.5 Å². The Hall–Kier alpha value is -2.60. The van der Waals surface area contributed by atoms with Crippen molar-refractivity contribution < 1.29 is 0 Å². The predicted molar refractivity (Wildman–Crippen MR) is 116 cm³/mol. The van der Waals surface area contributed by atoms with Crippen LogP contribution in [-0.4, -0.2) is 46.1 Å². The van der Waals surface area contributed by atoms with Gasteiger partial charge in [-0.05, 0) is 69.6 Å². The van der Waals surface area contributed by atoms with Gasteiger partial charge >= 0.3 is 0 Å². The normalized spacial score (nSPS) is 15.8. The highest BCUT2D eigenvalue weighted by Crippen LogP contribution is 2.25. The lowest BCUT2D eigenvalue weighted by Gasteiger charge is -2.29. The summed E-state index contributed by atoms with van der Waals surface area (Å²) < 4.78 is 2.12. The number of hydrogen-bond acceptors (Lipinski definition) is 5. The molecule has 6 heteroatoms. The van der Waals surface area contributed by atoms with Crippen LogP contribution in [0.5, 0.6) is 0 Å². The highest BCUT2D eigenvalue weighted by molar-refractivity contribution is 5.90. The molecule has 0 spiro atoms. The van der Waals surface area contributed by atoms with E-state index >= 15 is 0 Å². The van der Waals surface area contributed by atoms with E-state index < -0.39 is 0 Å². The molecule has 1 fully saturated rings. The number of rotatable bonds is 6. The fourth-order valence-corrected chi connectivity index (χ4v) is 3.84. The topological polar surface area (TPSA) is 58.0 Å². The Morgan fingerprint density at radius 1 is 1.07 bits per heavy atom. The number of nitrogens with one attached hydrogen (secondary N) is 2. The molecule has 0 saturated carbocycles. The van der Waals surface area contributed by atoms with Gasteiger partial charge in [0.2, 0.25) is 0 Å². The zero-order valence-corrected chi connectivity index (χ0v) is 17.1. The first kappa shape index (κ1) is 18.7. The number of pyridine rings is 2. The number of nitrogens with zero attached hydrogens (tertiary/aromatic N) is 4.